The van der Waals surface area contributed by atoms with Crippen LogP contribution in [0.15, 0.2) is 182 Å². The van der Waals surface area contributed by atoms with Crippen molar-refractivity contribution in [3.8, 4) is 0 Å². The number of rotatable bonds is 10. The van der Waals surface area contributed by atoms with Gasteiger partial charge in [0.25, 0.3) is 5.91 Å². The Labute approximate surface area is 381 Å². The van der Waals surface area contributed by atoms with Gasteiger partial charge in [-0.2, -0.15) is 0 Å². The number of esters is 3. The highest BCUT2D eigenvalue weighted by Crippen LogP contribution is 2.31. The van der Waals surface area contributed by atoms with Gasteiger partial charge in [-0.05, 0) is 57.2 Å². The normalized spacial score (nSPS) is 10.7. The maximum atomic E-state index is 12.6. The number of aromatic nitrogens is 3. The lowest BCUT2D eigenvalue weighted by Gasteiger charge is -2.12. The molecule has 3 heterocycles. The van der Waals surface area contributed by atoms with E-state index in [1.807, 2.05) is 146 Å². The zero-order valence-corrected chi connectivity index (χ0v) is 36.8. The number of anilines is 1. The molecule has 9 aromatic rings. The molecule has 11 nitrogen and oxygen atoms in total. The van der Waals surface area contributed by atoms with E-state index in [0.29, 0.717) is 22.3 Å². The van der Waals surface area contributed by atoms with Crippen LogP contribution < -0.4 is 5.32 Å². The number of nitrogens with one attached hydrogen (secondary N) is 1. The Morgan fingerprint density at radius 2 is 0.773 bits per heavy atom. The molecule has 0 radical (unpaired) electrons. The molecule has 66 heavy (non-hydrogen) atoms. The third kappa shape index (κ3) is 10.4. The van der Waals surface area contributed by atoms with Crippen molar-refractivity contribution in [2.24, 2.45) is 0 Å². The Kier molecular flexibility index (Phi) is 14.3. The molecule has 0 aliphatic heterocycles. The molecule has 328 valence electrons. The molecule has 0 aliphatic carbocycles. The van der Waals surface area contributed by atoms with Gasteiger partial charge in [-0.25, -0.2) is 29.3 Å². The van der Waals surface area contributed by atoms with Crippen LogP contribution in [0.2, 0.25) is 0 Å². The molecule has 0 aliphatic rings. The van der Waals surface area contributed by atoms with Crippen molar-refractivity contribution < 1.29 is 33.4 Å². The summed E-state index contributed by atoms with van der Waals surface area (Å²) in [5.41, 5.74) is 8.40. The largest absolute Gasteiger partial charge is 0.459 e. The van der Waals surface area contributed by atoms with Crippen LogP contribution in [0, 0.1) is 0 Å². The number of pyridine rings is 3. The summed E-state index contributed by atoms with van der Waals surface area (Å²) in [5.74, 6) is -1.52. The predicted octanol–water partition coefficient (Wildman–Crippen LogP) is 11.6. The van der Waals surface area contributed by atoms with Crippen molar-refractivity contribution in [1.29, 1.82) is 0 Å². The number of ether oxygens (including phenoxy) is 3. The average molecular weight is 875 g/mol. The minimum Gasteiger partial charge on any atom is -0.459 e. The molecule has 0 fully saturated rings. The number of benzene rings is 6. The van der Waals surface area contributed by atoms with Crippen LogP contribution in [0.5, 0.6) is 0 Å². The fourth-order valence-electron chi connectivity index (χ4n) is 7.06. The Hall–Kier alpha value is -8.57. The standard InChI is InChI=1S/C20H17NO4.C18H15NO2.C17H14N2O/c1-13(2)19(22)24-11-12-25-20(23)18-14-7-3-5-9-16(14)21-17-10-6-4-8-15(17)18;1-12(2)18(20)21-11-15-13-7-3-5-9-16(13)19-17-10-6-4-8-14(15)17;1-11(2)17(20)19-16-12-7-3-5-9-14(12)18-15-10-6-4-8-13(15)16/h3-10H,1,11-12H2,2H3;3-10H,1,11H2,2H3;3-10H,1H2,2H3,(H,18,19,20). The first-order chi connectivity index (χ1) is 31.9. The van der Waals surface area contributed by atoms with Gasteiger partial charge in [-0.1, -0.05) is 129 Å². The maximum absolute atomic E-state index is 12.6. The number of para-hydroxylation sites is 6. The zero-order valence-electron chi connectivity index (χ0n) is 36.8. The summed E-state index contributed by atoms with van der Waals surface area (Å²) in [4.78, 5) is 61.4. The molecule has 0 saturated heterocycles. The molecular weight excluding hydrogens is 829 g/mol. The third-order valence-electron chi connectivity index (χ3n) is 10.3. The quantitative estimate of drug-likeness (QED) is 0.0463. The number of fused-ring (bicyclic) bond motifs is 6. The van der Waals surface area contributed by atoms with Crippen molar-refractivity contribution in [1.82, 2.24) is 15.0 Å². The predicted molar refractivity (Wildman–Crippen MR) is 262 cm³/mol. The van der Waals surface area contributed by atoms with E-state index in [4.69, 9.17) is 14.2 Å². The van der Waals surface area contributed by atoms with Gasteiger partial charge in [0.1, 0.15) is 19.8 Å². The summed E-state index contributed by atoms with van der Waals surface area (Å²) < 4.78 is 15.6. The van der Waals surface area contributed by atoms with Crippen molar-refractivity contribution >= 4 is 94.9 Å². The van der Waals surface area contributed by atoms with Crippen LogP contribution in [-0.2, 0) is 35.2 Å². The van der Waals surface area contributed by atoms with Gasteiger partial charge in [0.05, 0.1) is 44.4 Å². The molecule has 0 unspecified atom stereocenters. The zero-order chi connectivity index (χ0) is 46.7. The molecule has 0 saturated carbocycles. The van der Waals surface area contributed by atoms with Crippen LogP contribution >= 0.6 is 0 Å². The van der Waals surface area contributed by atoms with E-state index in [2.05, 4.69) is 40.0 Å². The lowest BCUT2D eigenvalue weighted by Crippen LogP contribution is -2.15. The number of nitrogens with zero attached hydrogens (tertiary/aromatic N) is 3. The van der Waals surface area contributed by atoms with E-state index in [9.17, 15) is 19.2 Å². The fourth-order valence-corrected chi connectivity index (χ4v) is 7.06. The number of amides is 1. The number of carbonyl (C=O) groups is 4. The van der Waals surface area contributed by atoms with E-state index in [-0.39, 0.29) is 31.7 Å². The first kappa shape index (κ1) is 45.5. The number of hydrogen-bond acceptors (Lipinski definition) is 10. The number of carbonyl (C=O) groups excluding carboxylic acids is 4. The van der Waals surface area contributed by atoms with E-state index in [0.717, 1.165) is 76.7 Å². The van der Waals surface area contributed by atoms with E-state index >= 15 is 0 Å². The second-order valence-corrected chi connectivity index (χ2v) is 15.3. The highest BCUT2D eigenvalue weighted by molar-refractivity contribution is 6.16. The first-order valence-electron chi connectivity index (χ1n) is 21.0. The minimum atomic E-state index is -0.504. The molecular formula is C55H46N4O7. The van der Waals surface area contributed by atoms with Crippen molar-refractivity contribution in [3.63, 3.8) is 0 Å². The van der Waals surface area contributed by atoms with E-state index < -0.39 is 11.9 Å². The van der Waals surface area contributed by atoms with Gasteiger partial charge in [0.2, 0.25) is 0 Å². The summed E-state index contributed by atoms with van der Waals surface area (Å²) in [7, 11) is 0. The molecule has 1 N–H and O–H groups in total. The molecule has 0 bridgehead atoms. The van der Waals surface area contributed by atoms with Crippen LogP contribution in [0.25, 0.3) is 65.4 Å². The highest BCUT2D eigenvalue weighted by atomic mass is 16.6. The lowest BCUT2D eigenvalue weighted by atomic mass is 10.0. The summed E-state index contributed by atoms with van der Waals surface area (Å²) in [6, 6.07) is 46.2. The molecule has 6 aromatic carbocycles. The van der Waals surface area contributed by atoms with Gasteiger partial charge in [0, 0.05) is 54.6 Å². The number of hydrogen-bond donors (Lipinski definition) is 1. The molecule has 3 aromatic heterocycles. The SMILES string of the molecule is C=C(C)C(=O)Nc1c2ccccc2nc2ccccc12.C=C(C)C(=O)OCCOC(=O)c1c2ccccc2nc2ccccc12.C=C(C)C(=O)OCc1c2ccccc2nc2ccccc12. The summed E-state index contributed by atoms with van der Waals surface area (Å²) in [6.45, 7) is 15.9. The summed E-state index contributed by atoms with van der Waals surface area (Å²) >= 11 is 0. The van der Waals surface area contributed by atoms with Crippen molar-refractivity contribution in [2.45, 2.75) is 27.4 Å². The van der Waals surface area contributed by atoms with Gasteiger partial charge in [0.15, 0.2) is 0 Å². The van der Waals surface area contributed by atoms with Gasteiger partial charge in [-0.3, -0.25) is 4.79 Å². The van der Waals surface area contributed by atoms with Gasteiger partial charge < -0.3 is 19.5 Å². The van der Waals surface area contributed by atoms with Crippen LogP contribution in [0.1, 0.15) is 36.7 Å². The summed E-state index contributed by atoms with van der Waals surface area (Å²) in [5, 5.41) is 8.28. The Bertz CT molecular complexity index is 3220. The first-order valence-corrected chi connectivity index (χ1v) is 21.0. The fraction of sp³-hybridized carbons (Fsp3) is 0.109. The third-order valence-corrected chi connectivity index (χ3v) is 10.3. The molecule has 9 rings (SSSR count). The topological polar surface area (TPSA) is 147 Å². The Morgan fingerprint density at radius 1 is 0.439 bits per heavy atom. The molecule has 11 heteroatoms. The second-order valence-electron chi connectivity index (χ2n) is 15.3. The van der Waals surface area contributed by atoms with Crippen LogP contribution in [-0.4, -0.2) is 52.0 Å². The molecule has 0 spiro atoms. The summed E-state index contributed by atoms with van der Waals surface area (Å²) in [6.07, 6.45) is 0. The minimum absolute atomic E-state index is 0.0155. The van der Waals surface area contributed by atoms with Crippen LogP contribution in [0.4, 0.5) is 5.69 Å². The lowest BCUT2D eigenvalue weighted by molar-refractivity contribution is -0.140. The van der Waals surface area contributed by atoms with Crippen LogP contribution in [0.3, 0.4) is 0 Å². The van der Waals surface area contributed by atoms with E-state index in [1.165, 1.54) is 0 Å². The Balaban J connectivity index is 0.000000148. The van der Waals surface area contributed by atoms with Gasteiger partial charge in [-0.15, -0.1) is 0 Å². The highest BCUT2D eigenvalue weighted by Gasteiger charge is 2.18. The van der Waals surface area contributed by atoms with E-state index in [1.54, 1.807) is 20.8 Å². The Morgan fingerprint density at radius 3 is 1.18 bits per heavy atom. The van der Waals surface area contributed by atoms with Crippen molar-refractivity contribution in [2.75, 3.05) is 18.5 Å². The molecule has 0 atom stereocenters. The second kappa shape index (κ2) is 20.7. The maximum Gasteiger partial charge on any atom is 0.339 e. The monoisotopic (exact) mass is 874 g/mol. The van der Waals surface area contributed by atoms with Gasteiger partial charge >= 0.3 is 17.9 Å². The molecule has 1 amide bonds. The van der Waals surface area contributed by atoms with Crippen molar-refractivity contribution in [3.05, 3.63) is 193 Å². The average Bonchev–Trinajstić information content (AvgIpc) is 3.33. The smallest absolute Gasteiger partial charge is 0.339 e.